The molecule has 0 aromatic rings. The Morgan fingerprint density at radius 3 is 2.00 bits per heavy atom. The summed E-state index contributed by atoms with van der Waals surface area (Å²) >= 11 is 0. The first-order valence-electron chi connectivity index (χ1n) is 2.52. The molecule has 0 saturated carbocycles. The Bertz CT molecular complexity index is 20.0. The number of unbranched alkanes of at least 4 members (excludes halogenated alkanes) is 2. The van der Waals surface area contributed by atoms with Crippen LogP contribution in [0.15, 0.2) is 0 Å². The van der Waals surface area contributed by atoms with Gasteiger partial charge in [0.25, 0.3) is 0 Å². The van der Waals surface area contributed by atoms with Gasteiger partial charge in [-0.3, -0.25) is 0 Å². The first-order chi connectivity index (χ1) is 2.91. The minimum absolute atomic E-state index is 0. The molecule has 1 N–H and O–H groups in total. The van der Waals surface area contributed by atoms with E-state index in [-0.39, 0.29) is 51.4 Å². The van der Waals surface area contributed by atoms with Crippen molar-refractivity contribution in [2.75, 3.05) is 6.61 Å². The van der Waals surface area contributed by atoms with Crippen LogP contribution in [-0.2, 0) is 0 Å². The summed E-state index contributed by atoms with van der Waals surface area (Å²) in [7, 11) is 0. The van der Waals surface area contributed by atoms with Crippen molar-refractivity contribution in [3.8, 4) is 0 Å². The fraction of sp³-hybridized carbons (Fsp3) is 1.00. The van der Waals surface area contributed by atoms with E-state index in [0.29, 0.717) is 6.61 Å². The van der Waals surface area contributed by atoms with Gasteiger partial charge in [-0.15, -0.1) is 0 Å². The fourth-order valence-electron chi connectivity index (χ4n) is 0.362. The van der Waals surface area contributed by atoms with E-state index < -0.39 is 0 Å². The van der Waals surface area contributed by atoms with Crippen LogP contribution < -0.4 is 0 Å². The summed E-state index contributed by atoms with van der Waals surface area (Å²) in [4.78, 5) is 0. The molecule has 0 fully saturated rings. The molecular formula is C5H13KO. The molecule has 0 heterocycles. The van der Waals surface area contributed by atoms with E-state index in [1.54, 1.807) is 0 Å². The Morgan fingerprint density at radius 2 is 1.86 bits per heavy atom. The number of aliphatic hydroxyl groups excluding tert-OH is 1. The summed E-state index contributed by atoms with van der Waals surface area (Å²) in [6, 6.07) is 0. The molecule has 0 aliphatic heterocycles. The number of aliphatic hydroxyl groups is 1. The second kappa shape index (κ2) is 10.6. The SMILES string of the molecule is CCCCCO.[KH]. The van der Waals surface area contributed by atoms with Gasteiger partial charge in [-0.25, -0.2) is 0 Å². The Kier molecular flexibility index (Phi) is 17.2. The number of hydrogen-bond acceptors (Lipinski definition) is 1. The van der Waals surface area contributed by atoms with Gasteiger partial charge < -0.3 is 5.11 Å². The van der Waals surface area contributed by atoms with Gasteiger partial charge in [0, 0.05) is 6.61 Å². The van der Waals surface area contributed by atoms with Gasteiger partial charge in [0.15, 0.2) is 0 Å². The van der Waals surface area contributed by atoms with Crippen LogP contribution >= 0.6 is 0 Å². The van der Waals surface area contributed by atoms with Crippen LogP contribution in [0.5, 0.6) is 0 Å². The summed E-state index contributed by atoms with van der Waals surface area (Å²) < 4.78 is 0. The van der Waals surface area contributed by atoms with Crippen molar-refractivity contribution in [1.82, 2.24) is 0 Å². The van der Waals surface area contributed by atoms with Crippen LogP contribution in [0, 0.1) is 0 Å². The van der Waals surface area contributed by atoms with Crippen molar-refractivity contribution in [3.05, 3.63) is 0 Å². The van der Waals surface area contributed by atoms with Crippen molar-refractivity contribution in [2.45, 2.75) is 26.2 Å². The molecule has 0 unspecified atom stereocenters. The Hall–Kier alpha value is 1.60. The molecule has 0 amide bonds. The molecule has 0 radical (unpaired) electrons. The molecule has 2 heteroatoms. The molecule has 0 atom stereocenters. The zero-order valence-corrected chi connectivity index (χ0v) is 4.28. The third-order valence-corrected chi connectivity index (χ3v) is 0.762. The molecule has 0 spiro atoms. The minimum atomic E-state index is 0. The Balaban J connectivity index is 0. The van der Waals surface area contributed by atoms with Gasteiger partial charge in [0.1, 0.15) is 0 Å². The van der Waals surface area contributed by atoms with Gasteiger partial charge in [0.2, 0.25) is 0 Å². The molecule has 1 nitrogen and oxygen atoms in total. The van der Waals surface area contributed by atoms with Gasteiger partial charge >= 0.3 is 51.4 Å². The summed E-state index contributed by atoms with van der Waals surface area (Å²) in [5, 5.41) is 8.20. The van der Waals surface area contributed by atoms with E-state index in [1.807, 2.05) is 0 Å². The van der Waals surface area contributed by atoms with Gasteiger partial charge in [-0.05, 0) is 6.42 Å². The summed E-state index contributed by atoms with van der Waals surface area (Å²) in [5.41, 5.74) is 0. The maximum absolute atomic E-state index is 8.20. The molecule has 0 aliphatic carbocycles. The quantitative estimate of drug-likeness (QED) is 0.434. The summed E-state index contributed by atoms with van der Waals surface area (Å²) in [5.74, 6) is 0. The normalized spacial score (nSPS) is 7.71. The van der Waals surface area contributed by atoms with Crippen LogP contribution in [0.25, 0.3) is 0 Å². The number of hydrogen-bond donors (Lipinski definition) is 1. The molecular weight excluding hydrogens is 115 g/mol. The topological polar surface area (TPSA) is 20.2 Å². The molecule has 0 aromatic heterocycles. The maximum atomic E-state index is 8.20. The van der Waals surface area contributed by atoms with Crippen molar-refractivity contribution >= 4 is 51.4 Å². The fourth-order valence-corrected chi connectivity index (χ4v) is 0.362. The van der Waals surface area contributed by atoms with E-state index in [2.05, 4.69) is 6.92 Å². The van der Waals surface area contributed by atoms with Gasteiger partial charge in [-0.2, -0.15) is 0 Å². The van der Waals surface area contributed by atoms with Crippen molar-refractivity contribution < 1.29 is 5.11 Å². The zero-order valence-electron chi connectivity index (χ0n) is 4.28. The van der Waals surface area contributed by atoms with Crippen LogP contribution in [0.3, 0.4) is 0 Å². The van der Waals surface area contributed by atoms with Crippen LogP contribution in [-0.4, -0.2) is 63.1 Å². The summed E-state index contributed by atoms with van der Waals surface area (Å²) in [6.45, 7) is 2.48. The van der Waals surface area contributed by atoms with Gasteiger partial charge in [-0.1, -0.05) is 19.8 Å². The Morgan fingerprint density at radius 1 is 1.29 bits per heavy atom. The first-order valence-corrected chi connectivity index (χ1v) is 2.52. The molecule has 0 bridgehead atoms. The number of rotatable bonds is 3. The molecule has 40 valence electrons. The third kappa shape index (κ3) is 11.3. The molecule has 0 aromatic carbocycles. The first kappa shape index (κ1) is 11.4. The van der Waals surface area contributed by atoms with E-state index in [9.17, 15) is 0 Å². The van der Waals surface area contributed by atoms with E-state index in [0.717, 1.165) is 12.8 Å². The van der Waals surface area contributed by atoms with E-state index in [4.69, 9.17) is 5.11 Å². The Labute approximate surface area is 87.9 Å². The van der Waals surface area contributed by atoms with E-state index >= 15 is 0 Å². The molecule has 0 saturated heterocycles. The monoisotopic (exact) mass is 128 g/mol. The van der Waals surface area contributed by atoms with Crippen LogP contribution in [0.4, 0.5) is 0 Å². The average molecular weight is 128 g/mol. The van der Waals surface area contributed by atoms with Crippen LogP contribution in [0.1, 0.15) is 26.2 Å². The molecule has 0 aliphatic rings. The van der Waals surface area contributed by atoms with Crippen molar-refractivity contribution in [3.63, 3.8) is 0 Å². The summed E-state index contributed by atoms with van der Waals surface area (Å²) in [6.07, 6.45) is 3.33. The predicted octanol–water partition coefficient (Wildman–Crippen LogP) is 0.520. The van der Waals surface area contributed by atoms with Crippen LogP contribution in [0.2, 0.25) is 0 Å². The van der Waals surface area contributed by atoms with Gasteiger partial charge in [0.05, 0.1) is 0 Å². The van der Waals surface area contributed by atoms with E-state index in [1.165, 1.54) is 6.42 Å². The molecule has 0 rings (SSSR count). The zero-order chi connectivity index (χ0) is 4.83. The second-order valence-electron chi connectivity index (χ2n) is 1.43. The average Bonchev–Trinajstić information content (AvgIpc) is 1.61. The predicted molar refractivity (Wildman–Crippen MR) is 33.8 cm³/mol. The van der Waals surface area contributed by atoms with Crippen molar-refractivity contribution in [1.29, 1.82) is 0 Å². The second-order valence-corrected chi connectivity index (χ2v) is 1.43. The van der Waals surface area contributed by atoms with Crippen molar-refractivity contribution in [2.24, 2.45) is 0 Å². The standard InChI is InChI=1S/C5H12O.K.H/c1-2-3-4-5-6;;/h6H,2-5H2,1H3;;. The third-order valence-electron chi connectivity index (χ3n) is 0.762. The molecule has 7 heavy (non-hydrogen) atoms.